The number of rotatable bonds is 5. The van der Waals surface area contributed by atoms with Crippen LogP contribution >= 0.6 is 0 Å². The molecule has 1 fully saturated rings. The van der Waals surface area contributed by atoms with E-state index < -0.39 is 0 Å². The van der Waals surface area contributed by atoms with Crippen molar-refractivity contribution < 1.29 is 0 Å². The van der Waals surface area contributed by atoms with E-state index in [-0.39, 0.29) is 5.54 Å². The predicted molar refractivity (Wildman–Crippen MR) is 81.9 cm³/mol. The minimum Gasteiger partial charge on any atom is -0.381 e. The lowest BCUT2D eigenvalue weighted by Gasteiger charge is -2.23. The number of aromatic nitrogens is 1. The molecule has 0 radical (unpaired) electrons. The van der Waals surface area contributed by atoms with Crippen LogP contribution in [0, 0.1) is 0 Å². The summed E-state index contributed by atoms with van der Waals surface area (Å²) in [6.07, 6.45) is 4.44. The van der Waals surface area contributed by atoms with Gasteiger partial charge in [0.25, 0.3) is 0 Å². The number of nitrogens with zero attached hydrogens (tertiary/aromatic N) is 2. The Morgan fingerprint density at radius 3 is 2.63 bits per heavy atom. The van der Waals surface area contributed by atoms with E-state index in [2.05, 4.69) is 47.4 Å². The quantitative estimate of drug-likeness (QED) is 0.800. The molecule has 0 atom stereocenters. The minimum atomic E-state index is 0.175. The molecule has 1 saturated heterocycles. The lowest BCUT2D eigenvalue weighted by Crippen LogP contribution is -2.38. The molecule has 1 aliphatic rings. The second kappa shape index (κ2) is 6.24. The molecular weight excluding hydrogens is 236 g/mol. The Balaban J connectivity index is 1.89. The van der Waals surface area contributed by atoms with Gasteiger partial charge in [-0.1, -0.05) is 0 Å². The van der Waals surface area contributed by atoms with Crippen LogP contribution in [-0.4, -0.2) is 36.7 Å². The van der Waals surface area contributed by atoms with Crippen molar-refractivity contribution in [1.82, 2.24) is 10.3 Å². The standard InChI is InChI=1S/C15H26N4/c1-15(2,3)18-10-9-16-13-7-6-8-17-14(13)19-11-4-5-12-19/h6-8,16,18H,4-5,9-12H2,1-3H3. The summed E-state index contributed by atoms with van der Waals surface area (Å²) in [5.41, 5.74) is 1.33. The molecule has 19 heavy (non-hydrogen) atoms. The van der Waals surface area contributed by atoms with Crippen LogP contribution < -0.4 is 15.5 Å². The summed E-state index contributed by atoms with van der Waals surface area (Å²) in [7, 11) is 0. The first-order valence-electron chi connectivity index (χ1n) is 7.25. The first-order chi connectivity index (χ1) is 9.06. The molecule has 0 unspecified atom stereocenters. The molecule has 0 bridgehead atoms. The van der Waals surface area contributed by atoms with Crippen LogP contribution in [0.2, 0.25) is 0 Å². The van der Waals surface area contributed by atoms with E-state index in [1.54, 1.807) is 0 Å². The maximum atomic E-state index is 4.53. The van der Waals surface area contributed by atoms with E-state index >= 15 is 0 Å². The van der Waals surface area contributed by atoms with Gasteiger partial charge in [-0.3, -0.25) is 0 Å². The molecular formula is C15H26N4. The van der Waals surface area contributed by atoms with E-state index in [1.807, 2.05) is 12.3 Å². The fourth-order valence-corrected chi connectivity index (χ4v) is 2.35. The van der Waals surface area contributed by atoms with Gasteiger partial charge < -0.3 is 15.5 Å². The van der Waals surface area contributed by atoms with Gasteiger partial charge in [-0.25, -0.2) is 4.98 Å². The van der Waals surface area contributed by atoms with Crippen molar-refractivity contribution in [3.05, 3.63) is 18.3 Å². The molecule has 0 amide bonds. The third-order valence-corrected chi connectivity index (χ3v) is 3.29. The van der Waals surface area contributed by atoms with Crippen molar-refractivity contribution in [2.24, 2.45) is 0 Å². The van der Waals surface area contributed by atoms with Crippen LogP contribution in [-0.2, 0) is 0 Å². The minimum absolute atomic E-state index is 0.175. The largest absolute Gasteiger partial charge is 0.381 e. The van der Waals surface area contributed by atoms with E-state index in [9.17, 15) is 0 Å². The highest BCUT2D eigenvalue weighted by atomic mass is 15.2. The molecule has 4 heteroatoms. The van der Waals surface area contributed by atoms with Crippen molar-refractivity contribution >= 4 is 11.5 Å². The first-order valence-corrected chi connectivity index (χ1v) is 7.25. The molecule has 2 N–H and O–H groups in total. The molecule has 4 nitrogen and oxygen atoms in total. The van der Waals surface area contributed by atoms with E-state index in [0.717, 1.165) is 37.7 Å². The number of hydrogen-bond donors (Lipinski definition) is 2. The van der Waals surface area contributed by atoms with Gasteiger partial charge in [-0.05, 0) is 45.7 Å². The number of hydrogen-bond acceptors (Lipinski definition) is 4. The van der Waals surface area contributed by atoms with Crippen molar-refractivity contribution in [2.75, 3.05) is 36.4 Å². The van der Waals surface area contributed by atoms with Gasteiger partial charge in [0.15, 0.2) is 5.82 Å². The Kier molecular flexibility index (Phi) is 4.64. The summed E-state index contributed by atoms with van der Waals surface area (Å²) < 4.78 is 0. The second-order valence-corrected chi connectivity index (χ2v) is 6.17. The lowest BCUT2D eigenvalue weighted by atomic mass is 10.1. The van der Waals surface area contributed by atoms with E-state index in [1.165, 1.54) is 12.8 Å². The summed E-state index contributed by atoms with van der Waals surface area (Å²) in [5.74, 6) is 1.11. The zero-order valence-corrected chi connectivity index (χ0v) is 12.4. The smallest absolute Gasteiger partial charge is 0.151 e. The summed E-state index contributed by atoms with van der Waals surface area (Å²) in [6, 6.07) is 4.12. The number of nitrogens with one attached hydrogen (secondary N) is 2. The van der Waals surface area contributed by atoms with Gasteiger partial charge in [-0.2, -0.15) is 0 Å². The highest BCUT2D eigenvalue weighted by Gasteiger charge is 2.16. The van der Waals surface area contributed by atoms with Crippen molar-refractivity contribution in [3.8, 4) is 0 Å². The highest BCUT2D eigenvalue weighted by molar-refractivity contribution is 5.65. The van der Waals surface area contributed by atoms with Crippen LogP contribution in [0.3, 0.4) is 0 Å². The van der Waals surface area contributed by atoms with Crippen molar-refractivity contribution in [1.29, 1.82) is 0 Å². The molecule has 1 aromatic heterocycles. The summed E-state index contributed by atoms with van der Waals surface area (Å²) in [4.78, 5) is 6.91. The lowest BCUT2D eigenvalue weighted by molar-refractivity contribution is 0.435. The fourth-order valence-electron chi connectivity index (χ4n) is 2.35. The maximum Gasteiger partial charge on any atom is 0.151 e. The van der Waals surface area contributed by atoms with Gasteiger partial charge in [0.2, 0.25) is 0 Å². The number of anilines is 2. The summed E-state index contributed by atoms with van der Waals surface area (Å²) in [6.45, 7) is 10.7. The molecule has 1 aliphatic heterocycles. The first kappa shape index (κ1) is 14.1. The number of pyridine rings is 1. The molecule has 0 spiro atoms. The van der Waals surface area contributed by atoms with Crippen molar-refractivity contribution in [3.63, 3.8) is 0 Å². The van der Waals surface area contributed by atoms with Gasteiger partial charge in [0.1, 0.15) is 0 Å². The predicted octanol–water partition coefficient (Wildman–Crippen LogP) is 2.48. The SMILES string of the molecule is CC(C)(C)NCCNc1cccnc1N1CCCC1. The van der Waals surface area contributed by atoms with Gasteiger partial charge in [-0.15, -0.1) is 0 Å². The third-order valence-electron chi connectivity index (χ3n) is 3.29. The average molecular weight is 262 g/mol. The maximum absolute atomic E-state index is 4.53. The van der Waals surface area contributed by atoms with Gasteiger partial charge in [0, 0.05) is 37.9 Å². The average Bonchev–Trinajstić information content (AvgIpc) is 2.88. The fraction of sp³-hybridized carbons (Fsp3) is 0.667. The molecule has 0 saturated carbocycles. The zero-order valence-electron chi connectivity index (χ0n) is 12.4. The zero-order chi connectivity index (χ0) is 13.7. The topological polar surface area (TPSA) is 40.2 Å². The van der Waals surface area contributed by atoms with Gasteiger partial charge in [0.05, 0.1) is 5.69 Å². The Hall–Kier alpha value is -1.29. The Morgan fingerprint density at radius 2 is 1.95 bits per heavy atom. The molecule has 0 aliphatic carbocycles. The van der Waals surface area contributed by atoms with Crippen LogP contribution in [0.15, 0.2) is 18.3 Å². The summed E-state index contributed by atoms with van der Waals surface area (Å²) in [5, 5.41) is 6.98. The molecule has 0 aromatic carbocycles. The second-order valence-electron chi connectivity index (χ2n) is 6.17. The van der Waals surface area contributed by atoms with E-state index in [4.69, 9.17) is 0 Å². The molecule has 2 heterocycles. The highest BCUT2D eigenvalue weighted by Crippen LogP contribution is 2.25. The van der Waals surface area contributed by atoms with Crippen LogP contribution in [0.5, 0.6) is 0 Å². The normalized spacial score (nSPS) is 15.8. The Labute approximate surface area is 116 Å². The van der Waals surface area contributed by atoms with Gasteiger partial charge >= 0.3 is 0 Å². The van der Waals surface area contributed by atoms with Crippen molar-refractivity contribution in [2.45, 2.75) is 39.2 Å². The van der Waals surface area contributed by atoms with Crippen LogP contribution in [0.4, 0.5) is 11.5 Å². The molecule has 1 aromatic rings. The molecule has 2 rings (SSSR count). The van der Waals surface area contributed by atoms with Crippen LogP contribution in [0.1, 0.15) is 33.6 Å². The third kappa shape index (κ3) is 4.39. The Bertz CT molecular complexity index is 391. The monoisotopic (exact) mass is 262 g/mol. The van der Waals surface area contributed by atoms with Crippen LogP contribution in [0.25, 0.3) is 0 Å². The van der Waals surface area contributed by atoms with E-state index in [0.29, 0.717) is 0 Å². The Morgan fingerprint density at radius 1 is 1.21 bits per heavy atom. The molecule has 106 valence electrons. The summed E-state index contributed by atoms with van der Waals surface area (Å²) >= 11 is 0.